The summed E-state index contributed by atoms with van der Waals surface area (Å²) in [5, 5.41) is 3.23. The van der Waals surface area contributed by atoms with Gasteiger partial charge in [0, 0.05) is 25.2 Å². The number of para-hydroxylation sites is 1. The van der Waals surface area contributed by atoms with Crippen molar-refractivity contribution in [1.29, 1.82) is 0 Å². The highest BCUT2D eigenvalue weighted by Crippen LogP contribution is 2.21. The van der Waals surface area contributed by atoms with Gasteiger partial charge in [-0.15, -0.1) is 0 Å². The molecule has 1 fully saturated rings. The molecule has 18 heavy (non-hydrogen) atoms. The predicted molar refractivity (Wildman–Crippen MR) is 70.5 cm³/mol. The van der Waals surface area contributed by atoms with Gasteiger partial charge in [0.2, 0.25) is 5.91 Å². The van der Waals surface area contributed by atoms with Crippen LogP contribution >= 0.6 is 0 Å². The van der Waals surface area contributed by atoms with E-state index in [1.807, 2.05) is 43.0 Å². The van der Waals surface area contributed by atoms with Crippen LogP contribution in [0.3, 0.4) is 0 Å². The molecule has 0 radical (unpaired) electrons. The number of amides is 1. The van der Waals surface area contributed by atoms with Crippen molar-refractivity contribution in [3.8, 4) is 5.75 Å². The van der Waals surface area contributed by atoms with E-state index < -0.39 is 5.54 Å². The number of nitrogens with zero attached hydrogens (tertiary/aromatic N) is 1. The van der Waals surface area contributed by atoms with Crippen LogP contribution in [0.4, 0.5) is 0 Å². The van der Waals surface area contributed by atoms with Crippen molar-refractivity contribution in [3.05, 3.63) is 29.8 Å². The summed E-state index contributed by atoms with van der Waals surface area (Å²) in [6.07, 6.45) is 0. The number of rotatable bonds is 3. The minimum Gasteiger partial charge on any atom is -0.496 e. The number of ether oxygens (including phenoxy) is 1. The first-order valence-electron chi connectivity index (χ1n) is 6.21. The van der Waals surface area contributed by atoms with Gasteiger partial charge in [0.1, 0.15) is 5.75 Å². The summed E-state index contributed by atoms with van der Waals surface area (Å²) in [6, 6.07) is 7.83. The van der Waals surface area contributed by atoms with Crippen molar-refractivity contribution in [1.82, 2.24) is 10.2 Å². The molecule has 1 saturated heterocycles. The molecule has 1 aromatic rings. The molecule has 0 unspecified atom stereocenters. The topological polar surface area (TPSA) is 41.6 Å². The maximum Gasteiger partial charge on any atom is 0.242 e. The summed E-state index contributed by atoms with van der Waals surface area (Å²) in [4.78, 5) is 14.2. The van der Waals surface area contributed by atoms with E-state index in [1.54, 1.807) is 7.11 Å². The van der Waals surface area contributed by atoms with E-state index in [9.17, 15) is 4.79 Å². The molecule has 0 spiro atoms. The highest BCUT2D eigenvalue weighted by Gasteiger charge is 2.35. The molecule has 1 amide bonds. The number of hydrogen-bond donors (Lipinski definition) is 1. The SMILES string of the molecule is COc1ccccc1CN1CCNC(C)(C)C1=O. The molecule has 0 aromatic heterocycles. The molecular weight excluding hydrogens is 228 g/mol. The zero-order valence-corrected chi connectivity index (χ0v) is 11.2. The summed E-state index contributed by atoms with van der Waals surface area (Å²) in [5.74, 6) is 0.973. The van der Waals surface area contributed by atoms with Crippen molar-refractivity contribution in [2.45, 2.75) is 25.9 Å². The molecule has 1 heterocycles. The number of hydrogen-bond acceptors (Lipinski definition) is 3. The number of benzene rings is 1. The van der Waals surface area contributed by atoms with Crippen LogP contribution in [0.2, 0.25) is 0 Å². The molecule has 1 aliphatic rings. The van der Waals surface area contributed by atoms with Crippen LogP contribution in [0.15, 0.2) is 24.3 Å². The normalized spacial score (nSPS) is 18.8. The second-order valence-electron chi connectivity index (χ2n) is 5.09. The standard InChI is InChI=1S/C14H20N2O2/c1-14(2)13(17)16(9-8-15-14)10-11-6-4-5-7-12(11)18-3/h4-7,15H,8-10H2,1-3H3. The van der Waals surface area contributed by atoms with Gasteiger partial charge in [-0.25, -0.2) is 0 Å². The summed E-state index contributed by atoms with van der Waals surface area (Å²) >= 11 is 0. The van der Waals surface area contributed by atoms with Gasteiger partial charge in [0.15, 0.2) is 0 Å². The molecule has 1 N–H and O–H groups in total. The molecule has 0 saturated carbocycles. The van der Waals surface area contributed by atoms with Gasteiger partial charge < -0.3 is 15.0 Å². The van der Waals surface area contributed by atoms with Crippen molar-refractivity contribution in [2.24, 2.45) is 0 Å². The van der Waals surface area contributed by atoms with E-state index in [-0.39, 0.29) is 5.91 Å². The number of carbonyl (C=O) groups is 1. The summed E-state index contributed by atoms with van der Waals surface area (Å²) in [7, 11) is 1.66. The van der Waals surface area contributed by atoms with Crippen LogP contribution in [0, 0.1) is 0 Å². The lowest BCUT2D eigenvalue weighted by atomic mass is 10.00. The molecule has 1 aromatic carbocycles. The van der Waals surface area contributed by atoms with Crippen LogP contribution in [0.1, 0.15) is 19.4 Å². The molecule has 98 valence electrons. The van der Waals surface area contributed by atoms with E-state index in [4.69, 9.17) is 4.74 Å². The van der Waals surface area contributed by atoms with Crippen LogP contribution in [0.25, 0.3) is 0 Å². The largest absolute Gasteiger partial charge is 0.496 e. The van der Waals surface area contributed by atoms with Gasteiger partial charge in [-0.1, -0.05) is 18.2 Å². The highest BCUT2D eigenvalue weighted by atomic mass is 16.5. The molecule has 0 atom stereocenters. The lowest BCUT2D eigenvalue weighted by Gasteiger charge is -2.38. The summed E-state index contributed by atoms with van der Waals surface area (Å²) in [5.41, 5.74) is 0.575. The lowest BCUT2D eigenvalue weighted by Crippen LogP contribution is -2.60. The summed E-state index contributed by atoms with van der Waals surface area (Å²) < 4.78 is 5.32. The van der Waals surface area contributed by atoms with Crippen LogP contribution in [-0.4, -0.2) is 36.5 Å². The number of piperazine rings is 1. The average Bonchev–Trinajstić information content (AvgIpc) is 2.35. The Labute approximate surface area is 108 Å². The Balaban J connectivity index is 2.16. The highest BCUT2D eigenvalue weighted by molar-refractivity contribution is 5.86. The van der Waals surface area contributed by atoms with Crippen LogP contribution < -0.4 is 10.1 Å². The minimum atomic E-state index is -0.472. The third-order valence-corrected chi connectivity index (χ3v) is 3.32. The van der Waals surface area contributed by atoms with Gasteiger partial charge in [0.05, 0.1) is 12.6 Å². The Morgan fingerprint density at radius 2 is 2.11 bits per heavy atom. The van der Waals surface area contributed by atoms with Gasteiger partial charge in [-0.3, -0.25) is 4.79 Å². The van der Waals surface area contributed by atoms with Crippen molar-refractivity contribution >= 4 is 5.91 Å². The zero-order chi connectivity index (χ0) is 13.2. The molecule has 2 rings (SSSR count). The Morgan fingerprint density at radius 3 is 2.83 bits per heavy atom. The Bertz CT molecular complexity index is 443. The monoisotopic (exact) mass is 248 g/mol. The van der Waals surface area contributed by atoms with Gasteiger partial charge in [-0.05, 0) is 19.9 Å². The first-order valence-corrected chi connectivity index (χ1v) is 6.21. The van der Waals surface area contributed by atoms with Gasteiger partial charge in [-0.2, -0.15) is 0 Å². The van der Waals surface area contributed by atoms with Crippen molar-refractivity contribution < 1.29 is 9.53 Å². The van der Waals surface area contributed by atoms with Crippen molar-refractivity contribution in [2.75, 3.05) is 20.2 Å². The Morgan fingerprint density at radius 1 is 1.39 bits per heavy atom. The molecule has 0 bridgehead atoms. The molecule has 0 aliphatic carbocycles. The molecule has 4 heteroatoms. The fourth-order valence-corrected chi connectivity index (χ4v) is 2.27. The lowest BCUT2D eigenvalue weighted by molar-refractivity contribution is -0.140. The van der Waals surface area contributed by atoms with E-state index in [1.165, 1.54) is 0 Å². The summed E-state index contributed by atoms with van der Waals surface area (Å²) in [6.45, 7) is 6.01. The van der Waals surface area contributed by atoms with E-state index >= 15 is 0 Å². The smallest absolute Gasteiger partial charge is 0.242 e. The van der Waals surface area contributed by atoms with Crippen molar-refractivity contribution in [3.63, 3.8) is 0 Å². The second kappa shape index (κ2) is 4.98. The fraction of sp³-hybridized carbons (Fsp3) is 0.500. The molecule has 4 nitrogen and oxygen atoms in total. The fourth-order valence-electron chi connectivity index (χ4n) is 2.27. The first-order chi connectivity index (χ1) is 8.54. The van der Waals surface area contributed by atoms with Gasteiger partial charge in [0.25, 0.3) is 0 Å². The first kappa shape index (κ1) is 12.9. The maximum atomic E-state index is 12.3. The predicted octanol–water partition coefficient (Wildman–Crippen LogP) is 1.41. The van der Waals surface area contributed by atoms with E-state index in [0.717, 1.165) is 24.4 Å². The number of carbonyl (C=O) groups excluding carboxylic acids is 1. The molecular formula is C14H20N2O2. The second-order valence-corrected chi connectivity index (χ2v) is 5.09. The van der Waals surface area contributed by atoms with E-state index in [2.05, 4.69) is 5.32 Å². The molecule has 1 aliphatic heterocycles. The van der Waals surface area contributed by atoms with Crippen LogP contribution in [-0.2, 0) is 11.3 Å². The number of nitrogens with one attached hydrogen (secondary N) is 1. The van der Waals surface area contributed by atoms with Gasteiger partial charge >= 0.3 is 0 Å². The third kappa shape index (κ3) is 2.48. The average molecular weight is 248 g/mol. The zero-order valence-electron chi connectivity index (χ0n) is 11.2. The maximum absolute atomic E-state index is 12.3. The Kier molecular flexibility index (Phi) is 3.57. The quantitative estimate of drug-likeness (QED) is 0.879. The third-order valence-electron chi connectivity index (χ3n) is 3.32. The Hall–Kier alpha value is -1.55. The van der Waals surface area contributed by atoms with E-state index in [0.29, 0.717) is 6.54 Å². The number of methoxy groups -OCH3 is 1. The minimum absolute atomic E-state index is 0.139. The van der Waals surface area contributed by atoms with Crippen LogP contribution in [0.5, 0.6) is 5.75 Å².